The molecule has 0 unspecified atom stereocenters. The van der Waals surface area contributed by atoms with Gasteiger partial charge in [0.25, 0.3) is 0 Å². The summed E-state index contributed by atoms with van der Waals surface area (Å²) >= 11 is 0. The summed E-state index contributed by atoms with van der Waals surface area (Å²) in [4.78, 5) is 16.8. The lowest BCUT2D eigenvalue weighted by atomic mass is 10.2. The van der Waals surface area contributed by atoms with Crippen molar-refractivity contribution in [2.45, 2.75) is 39.8 Å². The third-order valence-corrected chi connectivity index (χ3v) is 6.20. The lowest BCUT2D eigenvalue weighted by Gasteiger charge is -2.27. The fraction of sp³-hybridized carbons (Fsp3) is 0.385. The van der Waals surface area contributed by atoms with Gasteiger partial charge in [0.2, 0.25) is 11.9 Å². The molecule has 0 bridgehead atoms. The zero-order valence-electron chi connectivity index (χ0n) is 23.6. The lowest BCUT2D eigenvalue weighted by molar-refractivity contribution is -0.0294. The first-order valence-electron chi connectivity index (χ1n) is 13.0. The van der Waals surface area contributed by atoms with E-state index in [0.717, 1.165) is 35.7 Å². The molecule has 4 aromatic rings. The van der Waals surface area contributed by atoms with E-state index in [1.54, 1.807) is 20.3 Å². The first-order valence-corrected chi connectivity index (χ1v) is 13.0. The highest BCUT2D eigenvalue weighted by Crippen LogP contribution is 2.25. The molecule has 0 saturated carbocycles. The van der Waals surface area contributed by atoms with Crippen molar-refractivity contribution < 1.29 is 4.74 Å². The Hall–Kier alpha value is -5.28. The topological polar surface area (TPSA) is 192 Å². The molecule has 0 atom stereocenters. The van der Waals surface area contributed by atoms with Crippen LogP contribution in [0.1, 0.15) is 41.9 Å². The Morgan fingerprint density at radius 2 is 1.51 bits per heavy atom. The molecule has 1 fully saturated rings. The molecule has 5 rings (SSSR count). The smallest absolute Gasteiger partial charge is 0.229 e. The van der Waals surface area contributed by atoms with E-state index in [0.29, 0.717) is 53.9 Å². The van der Waals surface area contributed by atoms with Crippen LogP contribution in [0, 0.1) is 36.5 Å². The number of nitriles is 2. The summed E-state index contributed by atoms with van der Waals surface area (Å²) in [6.07, 6.45) is 7.68. The molecule has 1 aliphatic heterocycles. The Bertz CT molecular complexity index is 1570. The van der Waals surface area contributed by atoms with Crippen molar-refractivity contribution in [3.05, 3.63) is 47.3 Å². The average molecular weight is 557 g/mol. The molecule has 0 aromatic carbocycles. The third kappa shape index (κ3) is 6.66. The summed E-state index contributed by atoms with van der Waals surface area (Å²) in [5.41, 5.74) is 4.41. The maximum Gasteiger partial charge on any atom is 0.229 e. The molecule has 1 saturated heterocycles. The Balaban J connectivity index is 0.000000189. The van der Waals surface area contributed by atoms with Gasteiger partial charge in [0, 0.05) is 26.8 Å². The van der Waals surface area contributed by atoms with Crippen molar-refractivity contribution in [1.29, 1.82) is 10.5 Å². The van der Waals surface area contributed by atoms with Gasteiger partial charge in [-0.15, -0.1) is 0 Å². The van der Waals surface area contributed by atoms with Gasteiger partial charge in [-0.3, -0.25) is 9.36 Å². The van der Waals surface area contributed by atoms with Gasteiger partial charge < -0.3 is 26.0 Å². The summed E-state index contributed by atoms with van der Waals surface area (Å²) < 4.78 is 9.01. The van der Waals surface area contributed by atoms with E-state index in [-0.39, 0.29) is 0 Å². The second kappa shape index (κ2) is 13.2. The summed E-state index contributed by atoms with van der Waals surface area (Å²) in [6.45, 7) is 8.28. The van der Waals surface area contributed by atoms with Crippen molar-refractivity contribution >= 4 is 34.9 Å². The number of anilines is 6. The van der Waals surface area contributed by atoms with Crippen LogP contribution in [0.4, 0.5) is 34.9 Å². The summed E-state index contributed by atoms with van der Waals surface area (Å²) in [5.74, 6) is 1.86. The van der Waals surface area contributed by atoms with Crippen LogP contribution in [0.5, 0.6) is 0 Å². The predicted octanol–water partition coefficient (Wildman–Crippen LogP) is 3.26. The van der Waals surface area contributed by atoms with Crippen LogP contribution in [-0.4, -0.2) is 66.8 Å². The van der Waals surface area contributed by atoms with Crippen LogP contribution in [0.2, 0.25) is 0 Å². The van der Waals surface area contributed by atoms with E-state index in [1.165, 1.54) is 12.4 Å². The molecule has 15 nitrogen and oxygen atoms in total. The second-order valence-electron chi connectivity index (χ2n) is 9.06. The van der Waals surface area contributed by atoms with Gasteiger partial charge in [-0.25, -0.2) is 9.97 Å². The van der Waals surface area contributed by atoms with E-state index >= 15 is 0 Å². The summed E-state index contributed by atoms with van der Waals surface area (Å²) in [6, 6.07) is 4.38. The monoisotopic (exact) mass is 556 g/mol. The SMILES string of the molecule is CCCn1cc(Nc2ncc(C#N)c(NC)n2)c(C)n1.CNc1nc(Nc2cnn(C3COC3)c2C)ncc1C#N. The minimum absolute atomic E-state index is 0.301. The lowest BCUT2D eigenvalue weighted by Crippen LogP contribution is -2.32. The van der Waals surface area contributed by atoms with Crippen LogP contribution in [0.15, 0.2) is 24.8 Å². The van der Waals surface area contributed by atoms with Crippen molar-refractivity contribution in [2.24, 2.45) is 0 Å². The molecule has 0 spiro atoms. The molecule has 15 heteroatoms. The second-order valence-corrected chi connectivity index (χ2v) is 9.06. The normalized spacial score (nSPS) is 12.3. The number of rotatable bonds is 9. The van der Waals surface area contributed by atoms with Crippen molar-refractivity contribution in [1.82, 2.24) is 39.5 Å². The van der Waals surface area contributed by atoms with Crippen LogP contribution < -0.4 is 21.3 Å². The predicted molar refractivity (Wildman–Crippen MR) is 153 cm³/mol. The third-order valence-electron chi connectivity index (χ3n) is 6.20. The number of aryl methyl sites for hydroxylation is 2. The largest absolute Gasteiger partial charge is 0.377 e. The maximum atomic E-state index is 8.96. The fourth-order valence-electron chi connectivity index (χ4n) is 3.93. The minimum atomic E-state index is 0.301. The maximum absolute atomic E-state index is 8.96. The molecule has 212 valence electrons. The summed E-state index contributed by atoms with van der Waals surface area (Å²) in [7, 11) is 3.43. The Morgan fingerprint density at radius 1 is 0.927 bits per heavy atom. The van der Waals surface area contributed by atoms with Gasteiger partial charge in [-0.1, -0.05) is 6.92 Å². The first kappa shape index (κ1) is 28.7. The van der Waals surface area contributed by atoms with E-state index in [4.69, 9.17) is 15.3 Å². The molecular weight excluding hydrogens is 524 g/mol. The van der Waals surface area contributed by atoms with Crippen LogP contribution in [0.3, 0.4) is 0 Å². The van der Waals surface area contributed by atoms with E-state index < -0.39 is 0 Å². The molecule has 4 N–H and O–H groups in total. The van der Waals surface area contributed by atoms with Gasteiger partial charge in [-0.2, -0.15) is 30.7 Å². The van der Waals surface area contributed by atoms with Gasteiger partial charge >= 0.3 is 0 Å². The van der Waals surface area contributed by atoms with Crippen LogP contribution in [0.25, 0.3) is 0 Å². The molecule has 41 heavy (non-hydrogen) atoms. The van der Waals surface area contributed by atoms with E-state index in [9.17, 15) is 0 Å². The van der Waals surface area contributed by atoms with E-state index in [2.05, 4.69) is 58.3 Å². The molecule has 0 aliphatic carbocycles. The Labute approximate surface area is 237 Å². The van der Waals surface area contributed by atoms with Gasteiger partial charge in [0.15, 0.2) is 0 Å². The van der Waals surface area contributed by atoms with E-state index in [1.807, 2.05) is 41.5 Å². The number of nitrogens with zero attached hydrogens (tertiary/aromatic N) is 10. The molecule has 4 aromatic heterocycles. The minimum Gasteiger partial charge on any atom is -0.377 e. The number of nitrogens with one attached hydrogen (secondary N) is 4. The molecule has 0 radical (unpaired) electrons. The van der Waals surface area contributed by atoms with Crippen LogP contribution >= 0.6 is 0 Å². The first-order chi connectivity index (χ1) is 19.9. The quantitative estimate of drug-likeness (QED) is 0.235. The molecular formula is C26H32N14O. The number of ether oxygens (including phenoxy) is 1. The molecule has 1 aliphatic rings. The highest BCUT2D eigenvalue weighted by atomic mass is 16.5. The zero-order chi connectivity index (χ0) is 29.4. The zero-order valence-corrected chi connectivity index (χ0v) is 23.6. The number of hydrogen-bond acceptors (Lipinski definition) is 13. The van der Waals surface area contributed by atoms with Crippen LogP contribution in [-0.2, 0) is 11.3 Å². The molecule has 5 heterocycles. The highest BCUT2D eigenvalue weighted by Gasteiger charge is 2.23. The Morgan fingerprint density at radius 3 is 2.00 bits per heavy atom. The highest BCUT2D eigenvalue weighted by molar-refractivity contribution is 5.60. The fourth-order valence-corrected chi connectivity index (χ4v) is 3.93. The van der Waals surface area contributed by atoms with Gasteiger partial charge in [0.05, 0.1) is 60.6 Å². The van der Waals surface area contributed by atoms with Gasteiger partial charge in [-0.05, 0) is 20.3 Å². The number of hydrogen-bond donors (Lipinski definition) is 4. The van der Waals surface area contributed by atoms with Gasteiger partial charge in [0.1, 0.15) is 34.9 Å². The molecule has 0 amide bonds. The van der Waals surface area contributed by atoms with Crippen molar-refractivity contribution in [3.63, 3.8) is 0 Å². The van der Waals surface area contributed by atoms with Crippen molar-refractivity contribution in [3.8, 4) is 12.1 Å². The standard InChI is InChI=1S/C13H15N7O.C13H17N7/c1-8-11(5-17-20(8)10-6-21-7-10)18-13-16-4-9(3-14)12(15-2)19-13;1-4-5-20-8-11(9(2)19-20)17-13-16-7-10(6-14)12(15-3)18-13/h4-5,10H,6-7H2,1-2H3,(H2,15,16,18,19);7-8H,4-5H2,1-3H3,(H2,15,16,17,18). The van der Waals surface area contributed by atoms with Crippen molar-refractivity contribution in [2.75, 3.05) is 48.6 Å². The average Bonchev–Trinajstić information content (AvgIpc) is 3.48. The summed E-state index contributed by atoms with van der Waals surface area (Å²) in [5, 5.41) is 38.7. The number of aromatic nitrogens is 8. The Kier molecular flexibility index (Phi) is 9.24.